The van der Waals surface area contributed by atoms with Gasteiger partial charge in [-0.25, -0.2) is 0 Å². The second-order valence-electron chi connectivity index (χ2n) is 10.4. The molecule has 35 heavy (non-hydrogen) atoms. The van der Waals surface area contributed by atoms with Crippen molar-refractivity contribution in [3.8, 4) is 0 Å². The molecule has 0 bridgehead atoms. The molecule has 1 heterocycles. The number of amides is 2. The van der Waals surface area contributed by atoms with Crippen LogP contribution in [-0.4, -0.2) is 46.2 Å². The second-order valence-corrected chi connectivity index (χ2v) is 10.4. The number of aromatic amines is 1. The van der Waals surface area contributed by atoms with Crippen LogP contribution in [0.1, 0.15) is 70.6 Å². The Morgan fingerprint density at radius 1 is 0.886 bits per heavy atom. The molecular weight excluding hydrogens is 434 g/mol. The lowest BCUT2D eigenvalue weighted by atomic mass is 9.87. The highest BCUT2D eigenvalue weighted by atomic mass is 16.2. The number of nitrogens with zero attached hydrogens (tertiary/aromatic N) is 2. The maximum Gasteiger partial charge on any atom is 0.242 e. The first-order valence-corrected chi connectivity index (χ1v) is 12.9. The summed E-state index contributed by atoms with van der Waals surface area (Å²) in [4.78, 5) is 33.0. The van der Waals surface area contributed by atoms with E-state index in [9.17, 15) is 9.59 Å². The van der Waals surface area contributed by atoms with E-state index in [1.54, 1.807) is 4.90 Å². The molecule has 1 N–H and O–H groups in total. The lowest BCUT2D eigenvalue weighted by molar-refractivity contribution is -0.140. The third-order valence-electron chi connectivity index (χ3n) is 6.63. The van der Waals surface area contributed by atoms with Crippen LogP contribution in [0.5, 0.6) is 0 Å². The Morgan fingerprint density at radius 3 is 2.26 bits per heavy atom. The van der Waals surface area contributed by atoms with Crippen molar-refractivity contribution in [2.75, 3.05) is 19.6 Å². The summed E-state index contributed by atoms with van der Waals surface area (Å²) in [5, 5.41) is 1.19. The maximum absolute atomic E-state index is 13.5. The van der Waals surface area contributed by atoms with E-state index in [2.05, 4.69) is 69.1 Å². The number of H-pyrrole nitrogens is 1. The summed E-state index contributed by atoms with van der Waals surface area (Å²) in [6, 6.07) is 16.8. The Bertz CT molecular complexity index is 1110. The van der Waals surface area contributed by atoms with Gasteiger partial charge in [-0.15, -0.1) is 0 Å². The molecule has 0 unspecified atom stereocenters. The number of unbranched alkanes of at least 4 members (excludes halogenated alkanes) is 1. The average molecular weight is 476 g/mol. The Balaban J connectivity index is 1.79. The zero-order valence-corrected chi connectivity index (χ0v) is 22.1. The molecule has 0 saturated carbocycles. The standard InChI is InChI=1S/C30H41N3O2/c1-6-8-18-32(28(34)7-2)22-29(35)33(21-23-13-15-25(16-14-23)30(3,4)5)19-17-24-20-31-27-12-10-9-11-26(24)27/h9-16,20,31H,6-8,17-19,21-22H2,1-5H3. The lowest BCUT2D eigenvalue weighted by Crippen LogP contribution is -2.43. The molecule has 0 atom stereocenters. The van der Waals surface area contributed by atoms with Gasteiger partial charge < -0.3 is 14.8 Å². The molecule has 0 fully saturated rings. The predicted octanol–water partition coefficient (Wildman–Crippen LogP) is 6.08. The van der Waals surface area contributed by atoms with Crippen LogP contribution in [0.25, 0.3) is 10.9 Å². The van der Waals surface area contributed by atoms with Crippen molar-refractivity contribution in [2.24, 2.45) is 0 Å². The minimum Gasteiger partial charge on any atom is -0.361 e. The summed E-state index contributed by atoms with van der Waals surface area (Å²) in [7, 11) is 0. The van der Waals surface area contributed by atoms with E-state index in [0.717, 1.165) is 30.3 Å². The smallest absolute Gasteiger partial charge is 0.242 e. The fourth-order valence-electron chi connectivity index (χ4n) is 4.34. The first-order chi connectivity index (χ1) is 16.7. The van der Waals surface area contributed by atoms with Crippen molar-refractivity contribution < 1.29 is 9.59 Å². The van der Waals surface area contributed by atoms with Crippen LogP contribution in [0.2, 0.25) is 0 Å². The van der Waals surface area contributed by atoms with Gasteiger partial charge >= 0.3 is 0 Å². The average Bonchev–Trinajstić information content (AvgIpc) is 3.26. The van der Waals surface area contributed by atoms with E-state index in [0.29, 0.717) is 26.1 Å². The molecule has 1 aromatic heterocycles. The van der Waals surface area contributed by atoms with E-state index < -0.39 is 0 Å². The highest BCUT2D eigenvalue weighted by Crippen LogP contribution is 2.23. The molecule has 3 rings (SSSR count). The van der Waals surface area contributed by atoms with Crippen molar-refractivity contribution in [1.82, 2.24) is 14.8 Å². The van der Waals surface area contributed by atoms with Gasteiger partial charge in [-0.05, 0) is 41.0 Å². The number of benzene rings is 2. The van der Waals surface area contributed by atoms with Gasteiger partial charge in [0.25, 0.3) is 0 Å². The fourth-order valence-corrected chi connectivity index (χ4v) is 4.34. The first-order valence-electron chi connectivity index (χ1n) is 12.9. The Hall–Kier alpha value is -3.08. The van der Waals surface area contributed by atoms with Gasteiger partial charge in [-0.1, -0.05) is 83.5 Å². The molecule has 0 spiro atoms. The van der Waals surface area contributed by atoms with Crippen LogP contribution in [0.4, 0.5) is 0 Å². The fraction of sp³-hybridized carbons (Fsp3) is 0.467. The molecule has 5 heteroatoms. The molecule has 188 valence electrons. The number of hydrogen-bond acceptors (Lipinski definition) is 2. The summed E-state index contributed by atoms with van der Waals surface area (Å²) in [5.74, 6) is 0.0422. The zero-order chi connectivity index (χ0) is 25.4. The second kappa shape index (κ2) is 12.1. The van der Waals surface area contributed by atoms with E-state index in [1.807, 2.05) is 30.2 Å². The van der Waals surface area contributed by atoms with Gasteiger partial charge in [0.15, 0.2) is 0 Å². The molecule has 2 amide bonds. The quantitative estimate of drug-likeness (QED) is 0.366. The summed E-state index contributed by atoms with van der Waals surface area (Å²) in [6.45, 7) is 12.5. The zero-order valence-electron chi connectivity index (χ0n) is 22.1. The van der Waals surface area contributed by atoms with E-state index in [1.165, 1.54) is 16.5 Å². The number of hydrogen-bond donors (Lipinski definition) is 1. The first kappa shape index (κ1) is 26.5. The molecule has 5 nitrogen and oxygen atoms in total. The summed E-state index contributed by atoms with van der Waals surface area (Å²) in [5.41, 5.74) is 4.78. The largest absolute Gasteiger partial charge is 0.361 e. The van der Waals surface area contributed by atoms with Gasteiger partial charge in [0.2, 0.25) is 11.8 Å². The highest BCUT2D eigenvalue weighted by molar-refractivity contribution is 5.85. The molecule has 2 aromatic carbocycles. The number of carbonyl (C=O) groups is 2. The van der Waals surface area contributed by atoms with Gasteiger partial charge in [0, 0.05) is 43.2 Å². The molecule has 3 aromatic rings. The van der Waals surface area contributed by atoms with Crippen LogP contribution in [0.15, 0.2) is 54.7 Å². The summed E-state index contributed by atoms with van der Waals surface area (Å²) in [6.07, 6.45) is 5.11. The molecule has 0 saturated heterocycles. The van der Waals surface area contributed by atoms with Crippen molar-refractivity contribution >= 4 is 22.7 Å². The SMILES string of the molecule is CCCCN(CC(=O)N(CCc1c[nH]c2ccccc12)Cc1ccc(C(C)(C)C)cc1)C(=O)CC. The van der Waals surface area contributed by atoms with Gasteiger partial charge in [0.1, 0.15) is 0 Å². The number of rotatable bonds is 11. The van der Waals surface area contributed by atoms with Crippen LogP contribution in [0.3, 0.4) is 0 Å². The van der Waals surface area contributed by atoms with Gasteiger partial charge in [-0.3, -0.25) is 9.59 Å². The molecule has 0 aliphatic carbocycles. The van der Waals surface area contributed by atoms with Crippen molar-refractivity contribution in [2.45, 2.75) is 72.3 Å². The van der Waals surface area contributed by atoms with Crippen LogP contribution in [0, 0.1) is 0 Å². The Kier molecular flexibility index (Phi) is 9.13. The number of carbonyl (C=O) groups excluding carboxylic acids is 2. The minimum atomic E-state index is 0.00245. The van der Waals surface area contributed by atoms with Crippen LogP contribution >= 0.6 is 0 Å². The number of para-hydroxylation sites is 1. The molecule has 0 aliphatic heterocycles. The van der Waals surface area contributed by atoms with Gasteiger partial charge in [-0.2, -0.15) is 0 Å². The number of fused-ring (bicyclic) bond motifs is 1. The van der Waals surface area contributed by atoms with Crippen LogP contribution in [-0.2, 0) is 28.0 Å². The number of nitrogens with one attached hydrogen (secondary N) is 1. The monoisotopic (exact) mass is 475 g/mol. The third kappa shape index (κ3) is 7.20. The normalized spacial score (nSPS) is 11.6. The predicted molar refractivity (Wildman–Crippen MR) is 144 cm³/mol. The topological polar surface area (TPSA) is 56.4 Å². The highest BCUT2D eigenvalue weighted by Gasteiger charge is 2.21. The number of aromatic nitrogens is 1. The molecular formula is C30H41N3O2. The Morgan fingerprint density at radius 2 is 1.60 bits per heavy atom. The Labute approximate surface area is 210 Å². The minimum absolute atomic E-state index is 0.00245. The van der Waals surface area contributed by atoms with Crippen LogP contribution < -0.4 is 0 Å². The van der Waals surface area contributed by atoms with Crippen molar-refractivity contribution in [3.05, 3.63) is 71.4 Å². The third-order valence-corrected chi connectivity index (χ3v) is 6.63. The lowest BCUT2D eigenvalue weighted by Gasteiger charge is -2.28. The van der Waals surface area contributed by atoms with E-state index in [-0.39, 0.29) is 23.8 Å². The van der Waals surface area contributed by atoms with E-state index in [4.69, 9.17) is 0 Å². The summed E-state index contributed by atoms with van der Waals surface area (Å²) < 4.78 is 0. The molecule has 0 radical (unpaired) electrons. The van der Waals surface area contributed by atoms with Crippen molar-refractivity contribution in [3.63, 3.8) is 0 Å². The molecule has 0 aliphatic rings. The maximum atomic E-state index is 13.5. The van der Waals surface area contributed by atoms with E-state index >= 15 is 0 Å². The van der Waals surface area contributed by atoms with Crippen molar-refractivity contribution in [1.29, 1.82) is 0 Å². The van der Waals surface area contributed by atoms with Gasteiger partial charge in [0.05, 0.1) is 6.54 Å². The summed E-state index contributed by atoms with van der Waals surface area (Å²) >= 11 is 0.